The molecule has 6 nitrogen and oxygen atoms in total. The monoisotopic (exact) mass is 360 g/mol. The lowest BCUT2D eigenvalue weighted by Crippen LogP contribution is -2.23. The fourth-order valence-electron chi connectivity index (χ4n) is 3.37. The Morgan fingerprint density at radius 2 is 1.85 bits per heavy atom. The molecule has 138 valence electrons. The third kappa shape index (κ3) is 4.78. The van der Waals surface area contributed by atoms with Gasteiger partial charge in [0.25, 0.3) is 0 Å². The minimum atomic E-state index is 0.448. The van der Waals surface area contributed by atoms with Crippen LogP contribution in [-0.2, 0) is 6.54 Å². The molecule has 0 atom stereocenters. The van der Waals surface area contributed by atoms with Crippen LogP contribution < -0.4 is 10.6 Å². The molecule has 1 aliphatic carbocycles. The van der Waals surface area contributed by atoms with E-state index in [0.29, 0.717) is 18.5 Å². The maximum Gasteiger partial charge on any atom is 0.225 e. The van der Waals surface area contributed by atoms with Crippen molar-refractivity contribution in [2.45, 2.75) is 44.7 Å². The van der Waals surface area contributed by atoms with Crippen LogP contribution in [0.1, 0.15) is 37.7 Å². The summed E-state index contributed by atoms with van der Waals surface area (Å²) in [6.07, 6.45) is 11.6. The summed E-state index contributed by atoms with van der Waals surface area (Å²) in [5, 5.41) is 6.92. The molecular formula is C21H24N6. The number of pyridine rings is 2. The summed E-state index contributed by atoms with van der Waals surface area (Å²) in [6.45, 7) is 0.662. The molecule has 0 aliphatic heterocycles. The van der Waals surface area contributed by atoms with E-state index in [2.05, 4.69) is 25.6 Å². The smallest absolute Gasteiger partial charge is 0.225 e. The minimum absolute atomic E-state index is 0.448. The second-order valence-corrected chi connectivity index (χ2v) is 6.87. The molecule has 0 bridgehead atoms. The topological polar surface area (TPSA) is 75.6 Å². The number of hydrogen-bond donors (Lipinski definition) is 2. The molecule has 0 spiro atoms. The van der Waals surface area contributed by atoms with Gasteiger partial charge in [0.05, 0.1) is 11.4 Å². The lowest BCUT2D eigenvalue weighted by molar-refractivity contribution is 0.461. The summed E-state index contributed by atoms with van der Waals surface area (Å²) in [5.74, 6) is 1.45. The first-order chi connectivity index (χ1) is 13.4. The molecule has 3 heterocycles. The SMILES string of the molecule is c1ccc(-c2cc(NCc3cccnc3)nc(NC3CCCCC3)n2)nc1. The highest BCUT2D eigenvalue weighted by molar-refractivity contribution is 5.61. The van der Waals surface area contributed by atoms with E-state index in [9.17, 15) is 0 Å². The normalized spacial score (nSPS) is 14.7. The second kappa shape index (κ2) is 8.58. The van der Waals surface area contributed by atoms with Gasteiger partial charge in [-0.25, -0.2) is 4.98 Å². The summed E-state index contributed by atoms with van der Waals surface area (Å²) in [5.41, 5.74) is 2.77. The molecule has 2 N–H and O–H groups in total. The molecule has 0 saturated heterocycles. The van der Waals surface area contributed by atoms with Crippen molar-refractivity contribution >= 4 is 11.8 Å². The number of aromatic nitrogens is 4. The Hall–Kier alpha value is -3.02. The highest BCUT2D eigenvalue weighted by atomic mass is 15.2. The first kappa shape index (κ1) is 17.4. The standard InChI is InChI=1S/C21H24N6/c1-2-8-17(9-3-1)25-21-26-19(18-10-4-5-12-23-18)13-20(27-21)24-15-16-7-6-11-22-14-16/h4-7,10-14,17H,1-3,8-9,15H2,(H2,24,25,26,27). The van der Waals surface area contributed by atoms with Crippen molar-refractivity contribution < 1.29 is 0 Å². The van der Waals surface area contributed by atoms with Crippen molar-refractivity contribution in [1.29, 1.82) is 0 Å². The van der Waals surface area contributed by atoms with Gasteiger partial charge in [-0.1, -0.05) is 31.4 Å². The van der Waals surface area contributed by atoms with E-state index in [0.717, 1.165) is 22.8 Å². The van der Waals surface area contributed by atoms with E-state index < -0.39 is 0 Å². The van der Waals surface area contributed by atoms with Crippen LogP contribution in [0.2, 0.25) is 0 Å². The number of rotatable bonds is 6. The molecule has 27 heavy (non-hydrogen) atoms. The zero-order chi connectivity index (χ0) is 18.3. The van der Waals surface area contributed by atoms with Crippen LogP contribution in [0, 0.1) is 0 Å². The van der Waals surface area contributed by atoms with E-state index in [1.165, 1.54) is 32.1 Å². The Morgan fingerprint density at radius 1 is 0.926 bits per heavy atom. The molecule has 1 saturated carbocycles. The maximum absolute atomic E-state index is 4.72. The predicted molar refractivity (Wildman–Crippen MR) is 107 cm³/mol. The minimum Gasteiger partial charge on any atom is -0.366 e. The summed E-state index contributed by atoms with van der Waals surface area (Å²) in [4.78, 5) is 18.0. The predicted octanol–water partition coefficient (Wildman–Crippen LogP) is 4.29. The van der Waals surface area contributed by atoms with Gasteiger partial charge in [-0.2, -0.15) is 4.98 Å². The van der Waals surface area contributed by atoms with Crippen LogP contribution >= 0.6 is 0 Å². The Bertz CT molecular complexity index is 847. The molecule has 1 aliphatic rings. The lowest BCUT2D eigenvalue weighted by Gasteiger charge is -2.23. The van der Waals surface area contributed by atoms with E-state index in [4.69, 9.17) is 4.98 Å². The van der Waals surface area contributed by atoms with E-state index in [-0.39, 0.29) is 0 Å². The van der Waals surface area contributed by atoms with E-state index >= 15 is 0 Å². The van der Waals surface area contributed by atoms with E-state index in [1.807, 2.05) is 42.6 Å². The van der Waals surface area contributed by atoms with Crippen molar-refractivity contribution in [1.82, 2.24) is 19.9 Å². The molecule has 0 amide bonds. The Labute approximate surface area is 159 Å². The van der Waals surface area contributed by atoms with Gasteiger partial charge in [0.1, 0.15) is 5.82 Å². The van der Waals surface area contributed by atoms with Gasteiger partial charge in [0, 0.05) is 37.2 Å². The van der Waals surface area contributed by atoms with Gasteiger partial charge >= 0.3 is 0 Å². The third-order valence-electron chi connectivity index (χ3n) is 4.79. The van der Waals surface area contributed by atoms with Gasteiger partial charge in [-0.15, -0.1) is 0 Å². The largest absolute Gasteiger partial charge is 0.366 e. The van der Waals surface area contributed by atoms with Crippen molar-refractivity contribution in [3.8, 4) is 11.4 Å². The van der Waals surface area contributed by atoms with Crippen LogP contribution in [0.15, 0.2) is 55.0 Å². The first-order valence-electron chi connectivity index (χ1n) is 9.56. The summed E-state index contributed by atoms with van der Waals surface area (Å²) < 4.78 is 0. The van der Waals surface area contributed by atoms with Crippen molar-refractivity contribution in [3.63, 3.8) is 0 Å². The van der Waals surface area contributed by atoms with Crippen LogP contribution in [0.4, 0.5) is 11.8 Å². The van der Waals surface area contributed by atoms with Crippen LogP contribution in [-0.4, -0.2) is 26.0 Å². The fraction of sp³-hybridized carbons (Fsp3) is 0.333. The zero-order valence-corrected chi connectivity index (χ0v) is 15.3. The number of nitrogens with one attached hydrogen (secondary N) is 2. The Kier molecular flexibility index (Phi) is 5.53. The van der Waals surface area contributed by atoms with Gasteiger partial charge < -0.3 is 10.6 Å². The van der Waals surface area contributed by atoms with Gasteiger partial charge in [0.15, 0.2) is 0 Å². The maximum atomic E-state index is 4.72. The second-order valence-electron chi connectivity index (χ2n) is 6.87. The zero-order valence-electron chi connectivity index (χ0n) is 15.3. The molecule has 6 heteroatoms. The summed E-state index contributed by atoms with van der Waals surface area (Å²) >= 11 is 0. The quantitative estimate of drug-likeness (QED) is 0.683. The van der Waals surface area contributed by atoms with Gasteiger partial charge in [0.2, 0.25) is 5.95 Å². The third-order valence-corrected chi connectivity index (χ3v) is 4.79. The molecule has 3 aromatic rings. The van der Waals surface area contributed by atoms with Crippen molar-refractivity contribution in [2.75, 3.05) is 10.6 Å². The van der Waals surface area contributed by atoms with Crippen LogP contribution in [0.25, 0.3) is 11.4 Å². The molecule has 1 fully saturated rings. The highest BCUT2D eigenvalue weighted by Crippen LogP contribution is 2.24. The Balaban J connectivity index is 1.57. The van der Waals surface area contributed by atoms with Crippen LogP contribution in [0.5, 0.6) is 0 Å². The molecule has 0 radical (unpaired) electrons. The average molecular weight is 360 g/mol. The van der Waals surface area contributed by atoms with Gasteiger partial charge in [-0.05, 0) is 36.6 Å². The molecular weight excluding hydrogens is 336 g/mol. The van der Waals surface area contributed by atoms with E-state index in [1.54, 1.807) is 12.4 Å². The number of nitrogens with zero attached hydrogens (tertiary/aromatic N) is 4. The van der Waals surface area contributed by atoms with Crippen molar-refractivity contribution in [3.05, 3.63) is 60.6 Å². The van der Waals surface area contributed by atoms with Crippen molar-refractivity contribution in [2.24, 2.45) is 0 Å². The first-order valence-corrected chi connectivity index (χ1v) is 9.56. The fourth-order valence-corrected chi connectivity index (χ4v) is 3.37. The highest BCUT2D eigenvalue weighted by Gasteiger charge is 2.15. The summed E-state index contributed by atoms with van der Waals surface area (Å²) in [7, 11) is 0. The average Bonchev–Trinajstić information content (AvgIpc) is 2.74. The molecule has 3 aromatic heterocycles. The summed E-state index contributed by atoms with van der Waals surface area (Å²) in [6, 6.07) is 12.2. The van der Waals surface area contributed by atoms with Crippen LogP contribution in [0.3, 0.4) is 0 Å². The molecule has 4 rings (SSSR count). The van der Waals surface area contributed by atoms with Gasteiger partial charge in [-0.3, -0.25) is 9.97 Å². The number of anilines is 2. The Morgan fingerprint density at radius 3 is 2.63 bits per heavy atom. The molecule has 0 aromatic carbocycles. The number of hydrogen-bond acceptors (Lipinski definition) is 6. The molecule has 0 unspecified atom stereocenters. The lowest BCUT2D eigenvalue weighted by atomic mass is 9.96.